The van der Waals surface area contributed by atoms with Crippen LogP contribution in [0.4, 0.5) is 14.5 Å². The van der Waals surface area contributed by atoms with Crippen molar-refractivity contribution in [2.75, 3.05) is 11.8 Å². The number of nitrogens with zero attached hydrogens (tertiary/aromatic N) is 1. The van der Waals surface area contributed by atoms with Crippen LogP contribution in [0.3, 0.4) is 0 Å². The highest BCUT2D eigenvalue weighted by Gasteiger charge is 2.26. The number of sulfonamides is 1. The minimum absolute atomic E-state index is 0.00806. The number of halogens is 2. The van der Waals surface area contributed by atoms with Crippen molar-refractivity contribution in [2.24, 2.45) is 0 Å². The molecule has 0 radical (unpaired) electrons. The first kappa shape index (κ1) is 20.5. The van der Waals surface area contributed by atoms with Crippen LogP contribution >= 0.6 is 0 Å². The number of anilines is 1. The Hall–Kier alpha value is -3.79. The normalized spacial score (nSPS) is 11.5. The number of H-pyrrole nitrogens is 1. The van der Waals surface area contributed by atoms with Crippen LogP contribution in [-0.2, 0) is 10.0 Å². The maximum Gasteiger partial charge on any atom is 0.262 e. The average Bonchev–Trinajstić information content (AvgIpc) is 3.20. The molecule has 2 aromatic heterocycles. The van der Waals surface area contributed by atoms with Crippen LogP contribution in [-0.4, -0.2) is 31.3 Å². The van der Waals surface area contributed by atoms with E-state index in [1.807, 2.05) is 0 Å². The molecule has 0 fully saturated rings. The van der Waals surface area contributed by atoms with Gasteiger partial charge >= 0.3 is 0 Å². The second kappa shape index (κ2) is 7.80. The number of aromatic nitrogens is 2. The Morgan fingerprint density at radius 1 is 1.13 bits per heavy atom. The maximum absolute atomic E-state index is 15.1. The van der Waals surface area contributed by atoms with Gasteiger partial charge in [-0.15, -0.1) is 0 Å². The Morgan fingerprint density at radius 2 is 1.94 bits per heavy atom. The minimum Gasteiger partial charge on any atom is -0.497 e. The number of nitrogens with one attached hydrogen (secondary N) is 2. The van der Waals surface area contributed by atoms with Crippen molar-refractivity contribution < 1.29 is 26.7 Å². The molecule has 31 heavy (non-hydrogen) atoms. The second-order valence-electron chi connectivity index (χ2n) is 6.50. The molecule has 0 aliphatic rings. The van der Waals surface area contributed by atoms with Gasteiger partial charge in [0.25, 0.3) is 10.0 Å². The third-order valence-corrected chi connectivity index (χ3v) is 5.97. The molecule has 4 rings (SSSR count). The zero-order valence-electron chi connectivity index (χ0n) is 16.0. The third kappa shape index (κ3) is 3.73. The SMILES string of the molecule is COc1cccc(S(=O)(=O)Nc2ccc(F)c(C(=O)c3c[nH]c4ncccc34)c2F)c1. The number of ketones is 1. The maximum atomic E-state index is 15.1. The quantitative estimate of drug-likeness (QED) is 0.441. The van der Waals surface area contributed by atoms with Crippen LogP contribution in [0, 0.1) is 11.6 Å². The Kier molecular flexibility index (Phi) is 5.15. The lowest BCUT2D eigenvalue weighted by Gasteiger charge is -2.12. The van der Waals surface area contributed by atoms with E-state index in [1.165, 1.54) is 37.7 Å². The molecular formula is C21H15F2N3O4S. The number of fused-ring (bicyclic) bond motifs is 1. The van der Waals surface area contributed by atoms with Crippen molar-refractivity contribution in [3.8, 4) is 5.75 Å². The lowest BCUT2D eigenvalue weighted by Crippen LogP contribution is -2.16. The van der Waals surface area contributed by atoms with Gasteiger partial charge in [0, 0.05) is 29.4 Å². The number of ether oxygens (including phenoxy) is 1. The summed E-state index contributed by atoms with van der Waals surface area (Å²) in [7, 11) is -2.86. The summed E-state index contributed by atoms with van der Waals surface area (Å²) in [6.45, 7) is 0. The van der Waals surface area contributed by atoms with Crippen LogP contribution < -0.4 is 9.46 Å². The zero-order chi connectivity index (χ0) is 22.2. The summed E-state index contributed by atoms with van der Waals surface area (Å²) in [5.41, 5.74) is -1.06. The fraction of sp³-hybridized carbons (Fsp3) is 0.0476. The highest BCUT2D eigenvalue weighted by molar-refractivity contribution is 7.92. The molecule has 2 N–H and O–H groups in total. The number of methoxy groups -OCH3 is 1. The minimum atomic E-state index is -4.23. The summed E-state index contributed by atoms with van der Waals surface area (Å²) in [5.74, 6) is -3.11. The smallest absolute Gasteiger partial charge is 0.262 e. The molecule has 0 bridgehead atoms. The molecule has 0 saturated carbocycles. The van der Waals surface area contributed by atoms with Crippen molar-refractivity contribution in [3.63, 3.8) is 0 Å². The van der Waals surface area contributed by atoms with E-state index in [0.29, 0.717) is 11.0 Å². The summed E-state index contributed by atoms with van der Waals surface area (Å²) < 4.78 is 62.0. The van der Waals surface area contributed by atoms with Gasteiger partial charge in [0.1, 0.15) is 17.2 Å². The van der Waals surface area contributed by atoms with Gasteiger partial charge in [-0.25, -0.2) is 22.2 Å². The Bertz CT molecular complexity index is 1420. The van der Waals surface area contributed by atoms with Gasteiger partial charge in [0.2, 0.25) is 5.78 Å². The van der Waals surface area contributed by atoms with Crippen molar-refractivity contribution in [3.05, 3.63) is 83.7 Å². The monoisotopic (exact) mass is 443 g/mol. The van der Waals surface area contributed by atoms with E-state index in [9.17, 15) is 17.6 Å². The summed E-state index contributed by atoms with van der Waals surface area (Å²) in [4.78, 5) is 19.5. The predicted molar refractivity (Wildman–Crippen MR) is 110 cm³/mol. The highest BCUT2D eigenvalue weighted by Crippen LogP contribution is 2.28. The van der Waals surface area contributed by atoms with E-state index in [2.05, 4.69) is 14.7 Å². The lowest BCUT2D eigenvalue weighted by molar-refractivity contribution is 0.103. The molecular weight excluding hydrogens is 428 g/mol. The van der Waals surface area contributed by atoms with Crippen molar-refractivity contribution >= 4 is 32.5 Å². The van der Waals surface area contributed by atoms with Gasteiger partial charge in [0.15, 0.2) is 5.82 Å². The Balaban J connectivity index is 1.75. The van der Waals surface area contributed by atoms with Gasteiger partial charge in [0.05, 0.1) is 23.3 Å². The number of carbonyl (C=O) groups excluding carboxylic acids is 1. The molecule has 158 valence electrons. The highest BCUT2D eigenvalue weighted by atomic mass is 32.2. The van der Waals surface area contributed by atoms with Crippen LogP contribution in [0.25, 0.3) is 11.0 Å². The predicted octanol–water partition coefficient (Wildman–Crippen LogP) is 3.88. The van der Waals surface area contributed by atoms with Crippen LogP contribution in [0.1, 0.15) is 15.9 Å². The van der Waals surface area contributed by atoms with E-state index in [-0.39, 0.29) is 16.2 Å². The van der Waals surface area contributed by atoms with E-state index in [1.54, 1.807) is 18.2 Å². The third-order valence-electron chi connectivity index (χ3n) is 4.61. The van der Waals surface area contributed by atoms with E-state index in [0.717, 1.165) is 12.1 Å². The number of benzene rings is 2. The van der Waals surface area contributed by atoms with Gasteiger partial charge in [-0.3, -0.25) is 9.52 Å². The zero-order valence-corrected chi connectivity index (χ0v) is 16.8. The number of hydrogen-bond donors (Lipinski definition) is 2. The Labute approximate surface area is 175 Å². The van der Waals surface area contributed by atoms with Crippen LogP contribution in [0.5, 0.6) is 5.75 Å². The summed E-state index contributed by atoms with van der Waals surface area (Å²) in [6, 6.07) is 10.4. The molecule has 0 saturated heterocycles. The molecule has 0 spiro atoms. The first-order valence-corrected chi connectivity index (χ1v) is 10.4. The summed E-state index contributed by atoms with van der Waals surface area (Å²) in [5, 5.41) is 0.383. The van der Waals surface area contributed by atoms with Crippen molar-refractivity contribution in [2.45, 2.75) is 4.90 Å². The molecule has 0 unspecified atom stereocenters. The number of hydrogen-bond acceptors (Lipinski definition) is 5. The summed E-state index contributed by atoms with van der Waals surface area (Å²) in [6.07, 6.45) is 2.80. The second-order valence-corrected chi connectivity index (χ2v) is 8.18. The van der Waals surface area contributed by atoms with Gasteiger partial charge in [-0.1, -0.05) is 6.07 Å². The molecule has 0 aliphatic heterocycles. The van der Waals surface area contributed by atoms with Gasteiger partial charge in [-0.05, 0) is 36.4 Å². The topological polar surface area (TPSA) is 101 Å². The molecule has 0 amide bonds. The molecule has 0 aliphatic carbocycles. The Morgan fingerprint density at radius 3 is 2.71 bits per heavy atom. The van der Waals surface area contributed by atoms with Crippen molar-refractivity contribution in [1.82, 2.24) is 9.97 Å². The molecule has 2 heterocycles. The standard InChI is InChI=1S/C21H15F2N3O4S/c1-30-12-4-2-5-13(10-12)31(28,29)26-17-8-7-16(22)18(19(17)23)20(27)15-11-25-21-14(15)6-3-9-24-21/h2-11,26H,1H3,(H,24,25). The van der Waals surface area contributed by atoms with Gasteiger partial charge in [-0.2, -0.15) is 0 Å². The number of rotatable bonds is 6. The van der Waals surface area contributed by atoms with E-state index < -0.39 is 38.7 Å². The largest absolute Gasteiger partial charge is 0.497 e. The molecule has 10 heteroatoms. The van der Waals surface area contributed by atoms with Gasteiger partial charge < -0.3 is 9.72 Å². The number of aromatic amines is 1. The molecule has 4 aromatic rings. The number of carbonyl (C=O) groups is 1. The fourth-order valence-corrected chi connectivity index (χ4v) is 4.18. The fourth-order valence-electron chi connectivity index (χ4n) is 3.09. The first-order chi connectivity index (χ1) is 14.8. The first-order valence-electron chi connectivity index (χ1n) is 8.93. The summed E-state index contributed by atoms with van der Waals surface area (Å²) >= 11 is 0. The molecule has 0 atom stereocenters. The average molecular weight is 443 g/mol. The lowest BCUT2D eigenvalue weighted by atomic mass is 10.0. The molecule has 2 aromatic carbocycles. The van der Waals surface area contributed by atoms with E-state index >= 15 is 4.39 Å². The van der Waals surface area contributed by atoms with Crippen LogP contribution in [0.2, 0.25) is 0 Å². The van der Waals surface area contributed by atoms with Crippen molar-refractivity contribution in [1.29, 1.82) is 0 Å². The molecule has 7 nitrogen and oxygen atoms in total. The van der Waals surface area contributed by atoms with Crippen LogP contribution in [0.15, 0.2) is 65.8 Å². The van der Waals surface area contributed by atoms with E-state index in [4.69, 9.17) is 4.74 Å². The number of pyridine rings is 1.